The maximum Gasteiger partial charge on any atom is 0.257 e. The van der Waals surface area contributed by atoms with Crippen molar-refractivity contribution < 1.29 is 4.79 Å². The number of hydrogen-bond donors (Lipinski definition) is 1. The fraction of sp³-hybridized carbons (Fsp3) is 0.667. The van der Waals surface area contributed by atoms with Crippen LogP contribution in [0.3, 0.4) is 0 Å². The van der Waals surface area contributed by atoms with E-state index in [2.05, 4.69) is 46.2 Å². The SMILES string of the molecule is CN(C)CCCNc1ncc(C(=O)N2CCN(C)CC2)cn1. The number of hydrogen-bond acceptors (Lipinski definition) is 6. The molecule has 0 radical (unpaired) electrons. The highest BCUT2D eigenvalue weighted by Gasteiger charge is 2.20. The Bertz CT molecular complexity index is 467. The molecule has 22 heavy (non-hydrogen) atoms. The molecule has 0 saturated carbocycles. The number of likely N-dealkylation sites (N-methyl/N-ethyl adjacent to an activating group) is 1. The van der Waals surface area contributed by atoms with Crippen LogP contribution in [0.2, 0.25) is 0 Å². The number of nitrogens with one attached hydrogen (secondary N) is 1. The van der Waals surface area contributed by atoms with E-state index in [0.717, 1.165) is 45.7 Å². The highest BCUT2D eigenvalue weighted by Crippen LogP contribution is 2.07. The lowest BCUT2D eigenvalue weighted by molar-refractivity contribution is 0.0663. The van der Waals surface area contributed by atoms with Crippen LogP contribution in [-0.2, 0) is 0 Å². The van der Waals surface area contributed by atoms with E-state index in [-0.39, 0.29) is 5.91 Å². The topological polar surface area (TPSA) is 64.6 Å². The van der Waals surface area contributed by atoms with Crippen LogP contribution < -0.4 is 5.32 Å². The van der Waals surface area contributed by atoms with Crippen LogP contribution in [0.1, 0.15) is 16.8 Å². The molecule has 1 aromatic rings. The summed E-state index contributed by atoms with van der Waals surface area (Å²) in [5.41, 5.74) is 0.559. The Hall–Kier alpha value is -1.73. The zero-order valence-corrected chi connectivity index (χ0v) is 13.7. The van der Waals surface area contributed by atoms with E-state index in [9.17, 15) is 4.79 Å². The van der Waals surface area contributed by atoms with Gasteiger partial charge in [-0.3, -0.25) is 4.79 Å². The van der Waals surface area contributed by atoms with Crippen LogP contribution in [0.4, 0.5) is 5.95 Å². The lowest BCUT2D eigenvalue weighted by atomic mass is 10.2. The van der Waals surface area contributed by atoms with E-state index in [1.807, 2.05) is 4.90 Å². The number of carbonyl (C=O) groups excluding carboxylic acids is 1. The van der Waals surface area contributed by atoms with E-state index in [1.165, 1.54) is 0 Å². The average molecular weight is 306 g/mol. The van der Waals surface area contributed by atoms with Crippen LogP contribution in [0.25, 0.3) is 0 Å². The number of amides is 1. The van der Waals surface area contributed by atoms with Gasteiger partial charge in [0, 0.05) is 45.1 Å². The Morgan fingerprint density at radius 2 is 1.86 bits per heavy atom. The van der Waals surface area contributed by atoms with Gasteiger partial charge in [0.2, 0.25) is 5.95 Å². The molecule has 0 unspecified atom stereocenters. The average Bonchev–Trinajstić information content (AvgIpc) is 2.52. The van der Waals surface area contributed by atoms with Gasteiger partial charge in [0.1, 0.15) is 0 Å². The molecule has 2 heterocycles. The minimum absolute atomic E-state index is 0.0206. The zero-order chi connectivity index (χ0) is 15.9. The summed E-state index contributed by atoms with van der Waals surface area (Å²) in [5, 5.41) is 3.17. The minimum atomic E-state index is 0.0206. The number of anilines is 1. The minimum Gasteiger partial charge on any atom is -0.354 e. The molecule has 0 spiro atoms. The lowest BCUT2D eigenvalue weighted by Crippen LogP contribution is -2.47. The molecule has 0 atom stereocenters. The molecule has 1 saturated heterocycles. The van der Waals surface area contributed by atoms with Gasteiger partial charge in [-0.1, -0.05) is 0 Å². The first-order chi connectivity index (χ1) is 10.6. The Morgan fingerprint density at radius 1 is 1.23 bits per heavy atom. The third-order valence-electron chi connectivity index (χ3n) is 3.75. The first-order valence-corrected chi connectivity index (χ1v) is 7.75. The Balaban J connectivity index is 1.82. The number of carbonyl (C=O) groups is 1. The monoisotopic (exact) mass is 306 g/mol. The fourth-order valence-corrected chi connectivity index (χ4v) is 2.32. The quantitative estimate of drug-likeness (QED) is 0.759. The molecule has 1 aliphatic heterocycles. The maximum atomic E-state index is 12.4. The molecular formula is C15H26N6O. The van der Waals surface area contributed by atoms with Crippen molar-refractivity contribution >= 4 is 11.9 Å². The van der Waals surface area contributed by atoms with Crippen molar-refractivity contribution in [2.45, 2.75) is 6.42 Å². The summed E-state index contributed by atoms with van der Waals surface area (Å²) in [6, 6.07) is 0. The van der Waals surface area contributed by atoms with Crippen molar-refractivity contribution in [3.63, 3.8) is 0 Å². The molecule has 122 valence electrons. The van der Waals surface area contributed by atoms with E-state index < -0.39 is 0 Å². The van der Waals surface area contributed by atoms with Crippen molar-refractivity contribution in [3.05, 3.63) is 18.0 Å². The molecule has 1 amide bonds. The second-order valence-corrected chi connectivity index (χ2v) is 5.97. The van der Waals surface area contributed by atoms with Crippen molar-refractivity contribution in [1.82, 2.24) is 24.7 Å². The first-order valence-electron chi connectivity index (χ1n) is 7.75. The number of piperazine rings is 1. The van der Waals surface area contributed by atoms with E-state index in [0.29, 0.717) is 11.5 Å². The van der Waals surface area contributed by atoms with Crippen molar-refractivity contribution in [1.29, 1.82) is 0 Å². The highest BCUT2D eigenvalue weighted by atomic mass is 16.2. The van der Waals surface area contributed by atoms with E-state index in [4.69, 9.17) is 0 Å². The number of nitrogens with zero attached hydrogens (tertiary/aromatic N) is 5. The van der Waals surface area contributed by atoms with Crippen LogP contribution in [0, 0.1) is 0 Å². The van der Waals surface area contributed by atoms with Gasteiger partial charge < -0.3 is 20.0 Å². The molecule has 1 aliphatic rings. The third-order valence-corrected chi connectivity index (χ3v) is 3.75. The number of rotatable bonds is 6. The van der Waals surface area contributed by atoms with E-state index >= 15 is 0 Å². The summed E-state index contributed by atoms with van der Waals surface area (Å²) in [4.78, 5) is 27.0. The van der Waals surface area contributed by atoms with Gasteiger partial charge in [-0.15, -0.1) is 0 Å². The largest absolute Gasteiger partial charge is 0.354 e. The zero-order valence-electron chi connectivity index (χ0n) is 13.7. The third kappa shape index (κ3) is 4.92. The summed E-state index contributed by atoms with van der Waals surface area (Å²) >= 11 is 0. The molecule has 1 N–H and O–H groups in total. The standard InChI is InChI=1S/C15H26N6O/c1-19(2)6-4-5-16-15-17-11-13(12-18-15)14(22)21-9-7-20(3)8-10-21/h11-12H,4-10H2,1-3H3,(H,16,17,18). The van der Waals surface area contributed by atoms with Gasteiger partial charge in [-0.05, 0) is 34.1 Å². The van der Waals surface area contributed by atoms with Crippen molar-refractivity contribution in [3.8, 4) is 0 Å². The molecule has 1 fully saturated rings. The van der Waals surface area contributed by atoms with Crippen LogP contribution >= 0.6 is 0 Å². The highest BCUT2D eigenvalue weighted by molar-refractivity contribution is 5.93. The fourth-order valence-electron chi connectivity index (χ4n) is 2.32. The van der Waals surface area contributed by atoms with Gasteiger partial charge in [-0.2, -0.15) is 0 Å². The van der Waals surface area contributed by atoms with Crippen LogP contribution in [-0.4, -0.2) is 91.0 Å². The normalized spacial score (nSPS) is 16.1. The van der Waals surface area contributed by atoms with Gasteiger partial charge in [0.25, 0.3) is 5.91 Å². The molecular weight excluding hydrogens is 280 g/mol. The van der Waals surface area contributed by atoms with Gasteiger partial charge >= 0.3 is 0 Å². The Kier molecular flexibility index (Phi) is 6.09. The molecule has 0 aromatic carbocycles. The van der Waals surface area contributed by atoms with Gasteiger partial charge in [-0.25, -0.2) is 9.97 Å². The Labute approximate surface area is 132 Å². The summed E-state index contributed by atoms with van der Waals surface area (Å²) in [6.45, 7) is 5.20. The van der Waals surface area contributed by atoms with Crippen LogP contribution in [0.5, 0.6) is 0 Å². The van der Waals surface area contributed by atoms with Gasteiger partial charge in [0.15, 0.2) is 0 Å². The predicted octanol–water partition coefficient (Wildman–Crippen LogP) is 0.228. The van der Waals surface area contributed by atoms with Gasteiger partial charge in [0.05, 0.1) is 5.56 Å². The summed E-state index contributed by atoms with van der Waals surface area (Å²) in [6.07, 6.45) is 4.25. The van der Waals surface area contributed by atoms with Crippen molar-refractivity contribution in [2.24, 2.45) is 0 Å². The summed E-state index contributed by atoms with van der Waals surface area (Å²) in [7, 11) is 6.17. The smallest absolute Gasteiger partial charge is 0.257 e. The first kappa shape index (κ1) is 16.6. The molecule has 0 aliphatic carbocycles. The molecule has 2 rings (SSSR count). The number of aromatic nitrogens is 2. The lowest BCUT2D eigenvalue weighted by Gasteiger charge is -2.32. The Morgan fingerprint density at radius 3 is 2.45 bits per heavy atom. The molecule has 7 nitrogen and oxygen atoms in total. The summed E-state index contributed by atoms with van der Waals surface area (Å²) < 4.78 is 0. The van der Waals surface area contributed by atoms with E-state index in [1.54, 1.807) is 12.4 Å². The molecule has 1 aromatic heterocycles. The predicted molar refractivity (Wildman–Crippen MR) is 87.1 cm³/mol. The maximum absolute atomic E-state index is 12.4. The molecule has 0 bridgehead atoms. The van der Waals surface area contributed by atoms with Crippen molar-refractivity contribution in [2.75, 3.05) is 65.7 Å². The molecule has 7 heteroatoms. The second kappa shape index (κ2) is 8.05. The second-order valence-electron chi connectivity index (χ2n) is 5.97. The van der Waals surface area contributed by atoms with Crippen LogP contribution in [0.15, 0.2) is 12.4 Å². The summed E-state index contributed by atoms with van der Waals surface area (Å²) in [5.74, 6) is 0.598.